The van der Waals surface area contributed by atoms with E-state index in [0.717, 1.165) is 65.0 Å². The van der Waals surface area contributed by atoms with Gasteiger partial charge in [0.2, 0.25) is 5.91 Å². The number of carbonyl (C=O) groups excluding carboxylic acids is 1. The maximum Gasteiger partial charge on any atom is 0.239 e. The van der Waals surface area contributed by atoms with Gasteiger partial charge in [-0.1, -0.05) is 6.92 Å². The summed E-state index contributed by atoms with van der Waals surface area (Å²) in [6, 6.07) is 0.118. The van der Waals surface area contributed by atoms with Crippen molar-refractivity contribution in [2.75, 3.05) is 39.8 Å². The molecule has 5 nitrogen and oxygen atoms in total. The van der Waals surface area contributed by atoms with Crippen molar-refractivity contribution >= 4 is 17.2 Å². The summed E-state index contributed by atoms with van der Waals surface area (Å²) in [6.45, 7) is 7.90. The molecule has 1 amide bonds. The van der Waals surface area contributed by atoms with E-state index in [1.54, 1.807) is 11.3 Å². The fourth-order valence-corrected chi connectivity index (χ4v) is 4.33. The molecule has 1 aromatic rings. The Morgan fingerprint density at radius 2 is 2.13 bits per heavy atom. The molecule has 128 valence electrons. The minimum Gasteiger partial charge on any atom is -0.340 e. The van der Waals surface area contributed by atoms with Gasteiger partial charge in [0.1, 0.15) is 0 Å². The van der Waals surface area contributed by atoms with E-state index in [1.165, 1.54) is 10.7 Å². The second-order valence-corrected chi connectivity index (χ2v) is 7.62. The summed E-state index contributed by atoms with van der Waals surface area (Å²) in [7, 11) is 2.08. The second-order valence-electron chi connectivity index (χ2n) is 6.68. The Bertz CT molecular complexity index is 532. The highest BCUT2D eigenvalue weighted by molar-refractivity contribution is 7.09. The van der Waals surface area contributed by atoms with Crippen LogP contribution in [0.3, 0.4) is 0 Å². The van der Waals surface area contributed by atoms with Gasteiger partial charge < -0.3 is 4.90 Å². The lowest BCUT2D eigenvalue weighted by atomic mass is 10.2. The molecule has 1 atom stereocenters. The Hall–Kier alpha value is -0.980. The average Bonchev–Trinajstić information content (AvgIpc) is 3.11. The van der Waals surface area contributed by atoms with Crippen molar-refractivity contribution in [2.24, 2.45) is 0 Å². The topological polar surface area (TPSA) is 39.7 Å². The highest BCUT2D eigenvalue weighted by atomic mass is 32.1. The molecule has 1 aromatic heterocycles. The Labute approximate surface area is 143 Å². The largest absolute Gasteiger partial charge is 0.340 e. The number of aryl methyl sites for hydroxylation is 1. The van der Waals surface area contributed by atoms with Gasteiger partial charge in [0.25, 0.3) is 0 Å². The molecule has 2 saturated heterocycles. The number of carbonyl (C=O) groups is 1. The number of amides is 1. The summed E-state index contributed by atoms with van der Waals surface area (Å²) in [4.78, 5) is 24.1. The van der Waals surface area contributed by atoms with E-state index in [1.807, 2.05) is 0 Å². The summed E-state index contributed by atoms with van der Waals surface area (Å²) in [5.41, 5.74) is 1.18. The predicted octanol–water partition coefficient (Wildman–Crippen LogP) is 1.83. The number of thiazole rings is 1. The van der Waals surface area contributed by atoms with E-state index in [4.69, 9.17) is 0 Å². The summed E-state index contributed by atoms with van der Waals surface area (Å²) in [5, 5.41) is 3.40. The number of likely N-dealkylation sites (tertiary alicyclic amines) is 1. The molecule has 0 saturated carbocycles. The fraction of sp³-hybridized carbons (Fsp3) is 0.765. The molecule has 0 spiro atoms. The van der Waals surface area contributed by atoms with Crippen LogP contribution in [0.4, 0.5) is 0 Å². The molecule has 2 aliphatic heterocycles. The monoisotopic (exact) mass is 336 g/mol. The molecule has 0 aromatic carbocycles. The zero-order valence-electron chi connectivity index (χ0n) is 14.3. The van der Waals surface area contributed by atoms with E-state index < -0.39 is 0 Å². The molecule has 0 unspecified atom stereocenters. The number of rotatable bonds is 4. The van der Waals surface area contributed by atoms with Gasteiger partial charge in [-0.05, 0) is 39.3 Å². The van der Waals surface area contributed by atoms with Gasteiger partial charge in [0.05, 0.1) is 16.7 Å². The van der Waals surface area contributed by atoms with Crippen molar-refractivity contribution in [3.63, 3.8) is 0 Å². The molecule has 23 heavy (non-hydrogen) atoms. The zero-order chi connectivity index (χ0) is 16.2. The Kier molecular flexibility index (Phi) is 5.67. The van der Waals surface area contributed by atoms with Crippen molar-refractivity contribution in [3.05, 3.63) is 16.1 Å². The highest BCUT2D eigenvalue weighted by Gasteiger charge is 2.32. The van der Waals surface area contributed by atoms with Crippen LogP contribution in [-0.2, 0) is 17.8 Å². The van der Waals surface area contributed by atoms with Crippen LogP contribution in [0.25, 0.3) is 0 Å². The van der Waals surface area contributed by atoms with Gasteiger partial charge in [0, 0.05) is 38.1 Å². The third kappa shape index (κ3) is 4.11. The zero-order valence-corrected chi connectivity index (χ0v) is 15.1. The molecule has 6 heteroatoms. The molecular weight excluding hydrogens is 308 g/mol. The van der Waals surface area contributed by atoms with Gasteiger partial charge in [-0.2, -0.15) is 0 Å². The van der Waals surface area contributed by atoms with E-state index in [0.29, 0.717) is 5.91 Å². The number of hydrogen-bond acceptors (Lipinski definition) is 5. The molecule has 2 fully saturated rings. The third-order valence-corrected chi connectivity index (χ3v) is 6.04. The average molecular weight is 337 g/mol. The maximum atomic E-state index is 12.7. The Morgan fingerprint density at radius 3 is 2.83 bits per heavy atom. The number of hydrogen-bond donors (Lipinski definition) is 0. The van der Waals surface area contributed by atoms with Crippen LogP contribution < -0.4 is 0 Å². The first-order chi connectivity index (χ1) is 11.2. The summed E-state index contributed by atoms with van der Waals surface area (Å²) in [6.07, 6.45) is 4.25. The number of likely N-dealkylation sites (N-methyl/N-ethyl adjacent to an activating group) is 1. The Balaban J connectivity index is 1.53. The lowest BCUT2D eigenvalue weighted by Gasteiger charge is -2.27. The summed E-state index contributed by atoms with van der Waals surface area (Å²) >= 11 is 1.76. The standard InChI is InChI=1S/C17H28N4OS/c1-3-16-18-14(13-23-16)12-20-8-5-9-21(11-10-20)17(22)15-6-4-7-19(15)2/h13,15H,3-12H2,1-2H3/t15-/m1/s1. The van der Waals surface area contributed by atoms with E-state index in [-0.39, 0.29) is 6.04 Å². The normalized spacial score (nSPS) is 24.1. The van der Waals surface area contributed by atoms with E-state index in [9.17, 15) is 4.79 Å². The van der Waals surface area contributed by atoms with Gasteiger partial charge in [-0.3, -0.25) is 14.6 Å². The van der Waals surface area contributed by atoms with Gasteiger partial charge >= 0.3 is 0 Å². The minimum absolute atomic E-state index is 0.118. The molecular formula is C17H28N4OS. The predicted molar refractivity (Wildman–Crippen MR) is 93.6 cm³/mol. The smallest absolute Gasteiger partial charge is 0.239 e. The third-order valence-electron chi connectivity index (χ3n) is 4.99. The quantitative estimate of drug-likeness (QED) is 0.841. The summed E-state index contributed by atoms with van der Waals surface area (Å²) < 4.78 is 0. The van der Waals surface area contributed by atoms with Crippen LogP contribution in [0.5, 0.6) is 0 Å². The first kappa shape index (κ1) is 16.9. The van der Waals surface area contributed by atoms with Crippen molar-refractivity contribution in [1.29, 1.82) is 0 Å². The van der Waals surface area contributed by atoms with Crippen molar-refractivity contribution < 1.29 is 4.79 Å². The first-order valence-electron chi connectivity index (χ1n) is 8.82. The van der Waals surface area contributed by atoms with Crippen LogP contribution in [0.1, 0.15) is 36.9 Å². The number of nitrogens with zero attached hydrogens (tertiary/aromatic N) is 4. The second kappa shape index (κ2) is 7.73. The molecule has 0 aliphatic carbocycles. The maximum absolute atomic E-state index is 12.7. The lowest BCUT2D eigenvalue weighted by molar-refractivity contribution is -0.135. The lowest BCUT2D eigenvalue weighted by Crippen LogP contribution is -2.45. The number of aromatic nitrogens is 1. The van der Waals surface area contributed by atoms with E-state index >= 15 is 0 Å². The van der Waals surface area contributed by atoms with Crippen LogP contribution in [-0.4, -0.2) is 71.4 Å². The molecule has 0 radical (unpaired) electrons. The van der Waals surface area contributed by atoms with Crippen molar-refractivity contribution in [1.82, 2.24) is 19.7 Å². The van der Waals surface area contributed by atoms with Crippen LogP contribution in [0.15, 0.2) is 5.38 Å². The minimum atomic E-state index is 0.118. The van der Waals surface area contributed by atoms with Crippen LogP contribution in [0, 0.1) is 0 Å². The summed E-state index contributed by atoms with van der Waals surface area (Å²) in [5.74, 6) is 0.341. The first-order valence-corrected chi connectivity index (χ1v) is 9.70. The van der Waals surface area contributed by atoms with Crippen LogP contribution in [0.2, 0.25) is 0 Å². The molecule has 3 rings (SSSR count). The van der Waals surface area contributed by atoms with E-state index in [2.05, 4.69) is 39.0 Å². The SMILES string of the molecule is CCc1nc(CN2CCCN(C(=O)[C@H]3CCCN3C)CC2)cs1. The molecule has 0 N–H and O–H groups in total. The van der Waals surface area contributed by atoms with Crippen LogP contribution >= 0.6 is 11.3 Å². The van der Waals surface area contributed by atoms with Gasteiger partial charge in [0.15, 0.2) is 0 Å². The van der Waals surface area contributed by atoms with Crippen molar-refractivity contribution in [2.45, 2.75) is 45.2 Å². The molecule has 0 bridgehead atoms. The van der Waals surface area contributed by atoms with Gasteiger partial charge in [-0.25, -0.2) is 4.98 Å². The molecule has 2 aliphatic rings. The highest BCUT2D eigenvalue weighted by Crippen LogP contribution is 2.19. The van der Waals surface area contributed by atoms with Crippen molar-refractivity contribution in [3.8, 4) is 0 Å². The van der Waals surface area contributed by atoms with Gasteiger partial charge in [-0.15, -0.1) is 11.3 Å². The fourth-order valence-electron chi connectivity index (χ4n) is 3.60. The molecule has 3 heterocycles. The Morgan fingerprint density at radius 1 is 1.26 bits per heavy atom.